The predicted octanol–water partition coefficient (Wildman–Crippen LogP) is -2.76. The zero-order chi connectivity index (χ0) is 3.58. The Bertz CT molecular complexity index is 14.4. The van der Waals surface area contributed by atoms with E-state index in [0.717, 1.165) is 0 Å². The van der Waals surface area contributed by atoms with Gasteiger partial charge in [-0.25, -0.2) is 0 Å². The third kappa shape index (κ3) is 25.6. The average molecular weight is 294 g/mol. The number of hydrogen-bond donors (Lipinski definition) is 0. The summed E-state index contributed by atoms with van der Waals surface area (Å²) in [7, 11) is 3.69. The van der Waals surface area contributed by atoms with Gasteiger partial charge in [-0.3, -0.25) is 0 Å². The van der Waals surface area contributed by atoms with Crippen molar-refractivity contribution in [3.63, 3.8) is 0 Å². The van der Waals surface area contributed by atoms with E-state index in [1.807, 2.05) is 0 Å². The predicted molar refractivity (Wildman–Crippen MR) is 13.1 cm³/mol. The van der Waals surface area contributed by atoms with Crippen LogP contribution in [0.1, 0.15) is 0 Å². The van der Waals surface area contributed by atoms with Crippen LogP contribution in [0.25, 0.3) is 0 Å². The van der Waals surface area contributed by atoms with Crippen LogP contribution in [0.15, 0.2) is 0 Å². The molecular weight excluding hydrogens is 294 g/mol. The Balaban J connectivity index is 0. The van der Waals surface area contributed by atoms with Crippen molar-refractivity contribution in [2.45, 2.75) is 0 Å². The molecule has 0 aromatic heterocycles. The van der Waals surface area contributed by atoms with Gasteiger partial charge >= 0.3 is 58.5 Å². The topological polar surface area (TPSA) is 46.1 Å². The number of rotatable bonds is 0. The van der Waals surface area contributed by atoms with Crippen LogP contribution in [0.3, 0.4) is 0 Å². The van der Waals surface area contributed by atoms with Crippen LogP contribution < -0.4 is 6.77 Å². The normalized spacial score (nSPS) is 7.20. The standard InChI is InChI=1S/Ag.2O.S.Sb/q+3;3*-1;. The Morgan fingerprint density at radius 3 is 1.40 bits per heavy atom. The van der Waals surface area contributed by atoms with Crippen molar-refractivity contribution in [3.05, 3.63) is 0 Å². The Morgan fingerprint density at radius 1 is 1.40 bits per heavy atom. The summed E-state index contributed by atoms with van der Waals surface area (Å²) in [6.07, 6.45) is 0. The van der Waals surface area contributed by atoms with E-state index in [1.165, 1.54) is 0 Å². The van der Waals surface area contributed by atoms with Gasteiger partial charge in [-0.1, -0.05) is 0 Å². The first-order chi connectivity index (χ1) is 1.73. The summed E-state index contributed by atoms with van der Waals surface area (Å²) in [4.78, 5) is 0. The molecule has 0 aromatic rings. The van der Waals surface area contributed by atoms with E-state index in [0.29, 0.717) is 0 Å². The fraction of sp³-hybridized carbons (Fsp3) is 0. The second-order valence-corrected chi connectivity index (χ2v) is 3.50. The molecule has 0 saturated heterocycles. The molecule has 0 N–H and O–H groups in total. The zero-order valence-electron chi connectivity index (χ0n) is 1.97. The molecule has 5 heavy (non-hydrogen) atoms. The molecule has 0 amide bonds. The summed E-state index contributed by atoms with van der Waals surface area (Å²) < 4.78 is 17.9. The summed E-state index contributed by atoms with van der Waals surface area (Å²) in [5.41, 5.74) is 0. The number of hydrogen-bond acceptors (Lipinski definition) is 3. The monoisotopic (exact) mass is 292 g/mol. The molecule has 2 nitrogen and oxygen atoms in total. The van der Waals surface area contributed by atoms with Crippen molar-refractivity contribution >= 4 is 29.4 Å². The molecule has 0 rings (SSSR count). The Hall–Kier alpha value is 1.83. The Labute approximate surface area is 58.0 Å². The molecule has 0 aliphatic heterocycles. The van der Waals surface area contributed by atoms with E-state index in [1.54, 1.807) is 0 Å². The quantitative estimate of drug-likeness (QED) is 0.359. The van der Waals surface area contributed by atoms with Gasteiger partial charge in [-0.2, -0.15) is 0 Å². The third-order valence-corrected chi connectivity index (χ3v) is 0. The van der Waals surface area contributed by atoms with E-state index in [2.05, 4.69) is 9.72 Å². The first-order valence-corrected chi connectivity index (χ1v) is 6.12. The van der Waals surface area contributed by atoms with Crippen LogP contribution in [0.2, 0.25) is 0 Å². The second kappa shape index (κ2) is 5.83. The van der Waals surface area contributed by atoms with Crippen LogP contribution in [-0.2, 0) is 32.1 Å². The molecule has 0 bridgehead atoms. The summed E-state index contributed by atoms with van der Waals surface area (Å²) in [6, 6.07) is 0. The average Bonchev–Trinajstić information content (AvgIpc) is 0.811. The molecule has 5 heteroatoms. The fourth-order valence-corrected chi connectivity index (χ4v) is 0. The van der Waals surface area contributed by atoms with Crippen molar-refractivity contribution in [1.82, 2.24) is 0 Å². The van der Waals surface area contributed by atoms with Gasteiger partial charge in [0.1, 0.15) is 0 Å². The molecule has 0 heterocycles. The van der Waals surface area contributed by atoms with Crippen LogP contribution in [0.5, 0.6) is 0 Å². The third-order valence-electron chi connectivity index (χ3n) is 0. The molecule has 0 unspecified atom stereocenters. The van der Waals surface area contributed by atoms with Gasteiger partial charge in [-0.05, 0) is 0 Å². The van der Waals surface area contributed by atoms with Crippen molar-refractivity contribution in [1.29, 1.82) is 0 Å². The minimum absolute atomic E-state index is 0. The summed E-state index contributed by atoms with van der Waals surface area (Å²) >= 11 is -3.37. The van der Waals surface area contributed by atoms with E-state index in [4.69, 9.17) is 6.77 Å². The molecule has 0 spiro atoms. The van der Waals surface area contributed by atoms with Crippen LogP contribution in [-0.4, -0.2) is 19.6 Å². The SMILES string of the molecule is [Ag+3].[O-][Sb]([O-])[S-]. The molecule has 0 atom stereocenters. The van der Waals surface area contributed by atoms with E-state index in [9.17, 15) is 0 Å². The first kappa shape index (κ1) is 9.95. The van der Waals surface area contributed by atoms with Gasteiger partial charge in [-0.15, -0.1) is 0 Å². The minimum atomic E-state index is -3.37. The maximum absolute atomic E-state index is 8.97. The van der Waals surface area contributed by atoms with Crippen molar-refractivity contribution in [2.75, 3.05) is 0 Å². The summed E-state index contributed by atoms with van der Waals surface area (Å²) in [5, 5.41) is 0. The Kier molecular flexibility index (Phi) is 11.6. The molecule has 0 aliphatic rings. The zero-order valence-corrected chi connectivity index (χ0v) is 6.83. The molecule has 0 aromatic carbocycles. The fourth-order valence-electron chi connectivity index (χ4n) is 0. The molecule has 0 fully saturated rings. The molecule has 0 radical (unpaired) electrons. The van der Waals surface area contributed by atoms with Crippen LogP contribution in [0, 0.1) is 0 Å². The van der Waals surface area contributed by atoms with Gasteiger partial charge in [0.25, 0.3) is 0 Å². The maximum atomic E-state index is 8.97. The van der Waals surface area contributed by atoms with Gasteiger partial charge in [0.2, 0.25) is 0 Å². The summed E-state index contributed by atoms with van der Waals surface area (Å²) in [5.74, 6) is 0. The van der Waals surface area contributed by atoms with Gasteiger partial charge < -0.3 is 0 Å². The molecule has 0 saturated carbocycles. The van der Waals surface area contributed by atoms with Crippen molar-refractivity contribution in [2.24, 2.45) is 0 Å². The van der Waals surface area contributed by atoms with E-state index in [-0.39, 0.29) is 22.4 Å². The first-order valence-electron chi connectivity index (χ1n) is 0.548. The van der Waals surface area contributed by atoms with Gasteiger partial charge in [0.15, 0.2) is 0 Å². The van der Waals surface area contributed by atoms with Gasteiger partial charge in [0.05, 0.1) is 0 Å². The van der Waals surface area contributed by atoms with Crippen LogP contribution in [0.4, 0.5) is 0 Å². The molecule has 0 aliphatic carbocycles. The van der Waals surface area contributed by atoms with Crippen molar-refractivity contribution in [3.8, 4) is 0 Å². The molecule has 34 valence electrons. The van der Waals surface area contributed by atoms with Gasteiger partial charge in [0, 0.05) is 0 Å². The Morgan fingerprint density at radius 2 is 1.40 bits per heavy atom. The van der Waals surface area contributed by atoms with E-state index >= 15 is 0 Å². The van der Waals surface area contributed by atoms with Crippen LogP contribution >= 0.6 is 0 Å². The summed E-state index contributed by atoms with van der Waals surface area (Å²) in [6.45, 7) is 0. The molecular formula is AgO2SSb. The second-order valence-electron chi connectivity index (χ2n) is 0.224. The van der Waals surface area contributed by atoms with Crippen molar-refractivity contribution < 1.29 is 29.2 Å². The van der Waals surface area contributed by atoms with E-state index < -0.39 is 19.6 Å².